The first-order valence-corrected chi connectivity index (χ1v) is 4.28. The van der Waals surface area contributed by atoms with E-state index >= 15 is 0 Å². The second-order valence-electron chi connectivity index (χ2n) is 3.10. The highest BCUT2D eigenvalue weighted by molar-refractivity contribution is 5.22. The standard InChI is InChI=1S/C10H16N2/c1-5-6-7-12-10(4)8(2)9(3)11-12/h5H,1,6-7H2,2-4H3. The van der Waals surface area contributed by atoms with Gasteiger partial charge in [0.2, 0.25) is 0 Å². The van der Waals surface area contributed by atoms with Crippen LogP contribution < -0.4 is 0 Å². The molecular weight excluding hydrogens is 148 g/mol. The number of hydrogen-bond donors (Lipinski definition) is 0. The predicted octanol–water partition coefficient (Wildman–Crippen LogP) is 2.38. The van der Waals surface area contributed by atoms with Gasteiger partial charge in [-0.1, -0.05) is 6.08 Å². The molecule has 0 saturated carbocycles. The Bertz CT molecular complexity index is 284. The van der Waals surface area contributed by atoms with E-state index in [2.05, 4.69) is 25.5 Å². The Morgan fingerprint density at radius 3 is 2.50 bits per heavy atom. The monoisotopic (exact) mass is 164 g/mol. The number of aryl methyl sites for hydroxylation is 2. The van der Waals surface area contributed by atoms with E-state index in [1.807, 2.05) is 17.7 Å². The minimum Gasteiger partial charge on any atom is -0.269 e. The van der Waals surface area contributed by atoms with Crippen LogP contribution in [-0.4, -0.2) is 9.78 Å². The molecule has 2 heteroatoms. The average molecular weight is 164 g/mol. The molecule has 0 aliphatic carbocycles. The van der Waals surface area contributed by atoms with Crippen LogP contribution in [-0.2, 0) is 6.54 Å². The summed E-state index contributed by atoms with van der Waals surface area (Å²) < 4.78 is 2.05. The molecule has 0 aliphatic rings. The Kier molecular flexibility index (Phi) is 2.69. The third-order valence-electron chi connectivity index (χ3n) is 2.29. The van der Waals surface area contributed by atoms with Gasteiger partial charge < -0.3 is 0 Å². The molecule has 0 aliphatic heterocycles. The van der Waals surface area contributed by atoms with Gasteiger partial charge in [-0.25, -0.2) is 0 Å². The molecule has 0 amide bonds. The minimum absolute atomic E-state index is 0.948. The Labute approximate surface area is 73.9 Å². The smallest absolute Gasteiger partial charge is 0.0625 e. The normalized spacial score (nSPS) is 10.2. The van der Waals surface area contributed by atoms with E-state index in [4.69, 9.17) is 0 Å². The second-order valence-corrected chi connectivity index (χ2v) is 3.10. The minimum atomic E-state index is 0.948. The quantitative estimate of drug-likeness (QED) is 0.627. The molecule has 0 N–H and O–H groups in total. The topological polar surface area (TPSA) is 17.8 Å². The van der Waals surface area contributed by atoms with E-state index < -0.39 is 0 Å². The number of aromatic nitrogens is 2. The molecule has 0 radical (unpaired) electrons. The highest BCUT2D eigenvalue weighted by Gasteiger charge is 2.04. The molecule has 12 heavy (non-hydrogen) atoms. The summed E-state index contributed by atoms with van der Waals surface area (Å²) in [7, 11) is 0. The molecule has 1 heterocycles. The average Bonchev–Trinajstić information content (AvgIpc) is 2.30. The van der Waals surface area contributed by atoms with Gasteiger partial charge in [0.15, 0.2) is 0 Å². The van der Waals surface area contributed by atoms with Crippen molar-refractivity contribution < 1.29 is 0 Å². The van der Waals surface area contributed by atoms with Gasteiger partial charge in [-0.2, -0.15) is 5.10 Å². The van der Waals surface area contributed by atoms with E-state index in [9.17, 15) is 0 Å². The van der Waals surface area contributed by atoms with Crippen molar-refractivity contribution in [3.8, 4) is 0 Å². The van der Waals surface area contributed by atoms with Gasteiger partial charge in [0.05, 0.1) is 5.69 Å². The summed E-state index contributed by atoms with van der Waals surface area (Å²) in [4.78, 5) is 0. The van der Waals surface area contributed by atoms with Gasteiger partial charge in [0, 0.05) is 12.2 Å². The summed E-state index contributed by atoms with van der Waals surface area (Å²) in [6, 6.07) is 0. The van der Waals surface area contributed by atoms with Crippen LogP contribution in [0.3, 0.4) is 0 Å². The number of nitrogens with zero attached hydrogens (tertiary/aromatic N) is 2. The van der Waals surface area contributed by atoms with E-state index in [-0.39, 0.29) is 0 Å². The summed E-state index contributed by atoms with van der Waals surface area (Å²) in [6.45, 7) is 10.9. The van der Waals surface area contributed by atoms with E-state index in [1.165, 1.54) is 11.3 Å². The van der Waals surface area contributed by atoms with Crippen molar-refractivity contribution in [3.63, 3.8) is 0 Å². The van der Waals surface area contributed by atoms with Crippen LogP contribution in [0.4, 0.5) is 0 Å². The highest BCUT2D eigenvalue weighted by atomic mass is 15.3. The third kappa shape index (κ3) is 1.58. The summed E-state index contributed by atoms with van der Waals surface area (Å²) >= 11 is 0. The maximum Gasteiger partial charge on any atom is 0.0625 e. The number of allylic oxidation sites excluding steroid dienone is 1. The van der Waals surface area contributed by atoms with Gasteiger partial charge in [-0.3, -0.25) is 4.68 Å². The first-order chi connectivity index (χ1) is 5.66. The molecule has 2 nitrogen and oxygen atoms in total. The lowest BCUT2D eigenvalue weighted by molar-refractivity contribution is 0.602. The Hall–Kier alpha value is -1.05. The van der Waals surface area contributed by atoms with Crippen molar-refractivity contribution in [2.75, 3.05) is 0 Å². The van der Waals surface area contributed by atoms with Crippen molar-refractivity contribution in [2.45, 2.75) is 33.7 Å². The lowest BCUT2D eigenvalue weighted by Crippen LogP contribution is -2.01. The molecule has 0 spiro atoms. The lowest BCUT2D eigenvalue weighted by Gasteiger charge is -2.00. The van der Waals surface area contributed by atoms with Crippen LogP contribution in [0.15, 0.2) is 12.7 Å². The van der Waals surface area contributed by atoms with E-state index in [1.54, 1.807) is 0 Å². The maximum atomic E-state index is 4.42. The summed E-state index contributed by atoms with van der Waals surface area (Å²) in [5.41, 5.74) is 3.71. The molecular formula is C10H16N2. The fourth-order valence-corrected chi connectivity index (χ4v) is 1.22. The van der Waals surface area contributed by atoms with E-state index in [0.29, 0.717) is 0 Å². The molecule has 0 unspecified atom stereocenters. The molecule has 1 rings (SSSR count). The predicted molar refractivity (Wildman–Crippen MR) is 51.3 cm³/mol. The molecule has 0 bridgehead atoms. The van der Waals surface area contributed by atoms with Gasteiger partial charge >= 0.3 is 0 Å². The Morgan fingerprint density at radius 2 is 2.08 bits per heavy atom. The first-order valence-electron chi connectivity index (χ1n) is 4.28. The highest BCUT2D eigenvalue weighted by Crippen LogP contribution is 2.10. The third-order valence-corrected chi connectivity index (χ3v) is 2.29. The second kappa shape index (κ2) is 3.57. The molecule has 0 fully saturated rings. The van der Waals surface area contributed by atoms with Crippen LogP contribution in [0.5, 0.6) is 0 Å². The summed E-state index contributed by atoms with van der Waals surface area (Å²) in [5.74, 6) is 0. The molecule has 0 atom stereocenters. The Morgan fingerprint density at radius 1 is 1.42 bits per heavy atom. The van der Waals surface area contributed by atoms with Crippen LogP contribution in [0.25, 0.3) is 0 Å². The van der Waals surface area contributed by atoms with Crippen molar-refractivity contribution in [3.05, 3.63) is 29.6 Å². The zero-order valence-corrected chi connectivity index (χ0v) is 8.09. The molecule has 1 aromatic rings. The lowest BCUT2D eigenvalue weighted by atomic mass is 10.2. The Balaban J connectivity index is 2.85. The van der Waals surface area contributed by atoms with E-state index in [0.717, 1.165) is 18.7 Å². The van der Waals surface area contributed by atoms with Crippen LogP contribution >= 0.6 is 0 Å². The van der Waals surface area contributed by atoms with Crippen molar-refractivity contribution >= 4 is 0 Å². The number of hydrogen-bond acceptors (Lipinski definition) is 1. The van der Waals surface area contributed by atoms with Gasteiger partial charge in [0.1, 0.15) is 0 Å². The zero-order chi connectivity index (χ0) is 9.14. The van der Waals surface area contributed by atoms with Crippen LogP contribution in [0.1, 0.15) is 23.4 Å². The molecule has 0 aromatic carbocycles. The van der Waals surface area contributed by atoms with Gasteiger partial charge in [-0.05, 0) is 32.8 Å². The molecule has 1 aromatic heterocycles. The fourth-order valence-electron chi connectivity index (χ4n) is 1.22. The van der Waals surface area contributed by atoms with Crippen molar-refractivity contribution in [1.82, 2.24) is 9.78 Å². The summed E-state index contributed by atoms with van der Waals surface area (Å²) in [5, 5.41) is 4.42. The van der Waals surface area contributed by atoms with Gasteiger partial charge in [-0.15, -0.1) is 6.58 Å². The maximum absolute atomic E-state index is 4.42. The van der Waals surface area contributed by atoms with Gasteiger partial charge in [0.25, 0.3) is 0 Å². The van der Waals surface area contributed by atoms with Crippen LogP contribution in [0.2, 0.25) is 0 Å². The molecule has 66 valence electrons. The first kappa shape index (κ1) is 9.04. The van der Waals surface area contributed by atoms with Crippen molar-refractivity contribution in [1.29, 1.82) is 0 Å². The number of rotatable bonds is 3. The van der Waals surface area contributed by atoms with Crippen LogP contribution in [0, 0.1) is 20.8 Å². The fraction of sp³-hybridized carbons (Fsp3) is 0.500. The largest absolute Gasteiger partial charge is 0.269 e. The van der Waals surface area contributed by atoms with Crippen molar-refractivity contribution in [2.24, 2.45) is 0 Å². The molecule has 0 saturated heterocycles. The zero-order valence-electron chi connectivity index (χ0n) is 8.09. The SMILES string of the molecule is C=CCCn1nc(C)c(C)c1C. The summed E-state index contributed by atoms with van der Waals surface area (Å²) in [6.07, 6.45) is 2.91.